The topological polar surface area (TPSA) is 72.5 Å². The van der Waals surface area contributed by atoms with Crippen LogP contribution in [0.15, 0.2) is 0 Å². The van der Waals surface area contributed by atoms with Gasteiger partial charge in [0.15, 0.2) is 0 Å². The van der Waals surface area contributed by atoms with Crippen molar-refractivity contribution in [3.05, 3.63) is 0 Å². The summed E-state index contributed by atoms with van der Waals surface area (Å²) in [6.07, 6.45) is 0.480. The number of carbonyl (C=O) groups is 1. The van der Waals surface area contributed by atoms with Gasteiger partial charge >= 0.3 is 0 Å². The van der Waals surface area contributed by atoms with E-state index in [0.29, 0.717) is 19.6 Å². The highest BCUT2D eigenvalue weighted by molar-refractivity contribution is 7.91. The number of nitrogens with one attached hydrogen (secondary N) is 1. The van der Waals surface area contributed by atoms with E-state index in [2.05, 4.69) is 5.32 Å². The van der Waals surface area contributed by atoms with E-state index in [1.165, 1.54) is 0 Å². The van der Waals surface area contributed by atoms with Gasteiger partial charge in [0.05, 0.1) is 19.0 Å². The molecule has 1 heterocycles. The largest absolute Gasteiger partial charge is 0.379 e. The van der Waals surface area contributed by atoms with E-state index in [4.69, 9.17) is 4.74 Å². The molecule has 6 heteroatoms. The van der Waals surface area contributed by atoms with Crippen LogP contribution in [0.1, 0.15) is 19.8 Å². The molecule has 1 N–H and O–H groups in total. The van der Waals surface area contributed by atoms with Crippen LogP contribution < -0.4 is 5.32 Å². The SMILES string of the molecule is CCS(=O)(=O)CCC(=O)CC1COCCN1. The van der Waals surface area contributed by atoms with E-state index in [1.54, 1.807) is 6.92 Å². The van der Waals surface area contributed by atoms with Gasteiger partial charge < -0.3 is 10.1 Å². The first-order valence-corrected chi connectivity index (χ1v) is 7.39. The van der Waals surface area contributed by atoms with Crippen molar-refractivity contribution in [3.8, 4) is 0 Å². The average molecular weight is 249 g/mol. The summed E-state index contributed by atoms with van der Waals surface area (Å²) in [5, 5.41) is 3.17. The fourth-order valence-corrected chi connectivity index (χ4v) is 2.37. The van der Waals surface area contributed by atoms with Crippen molar-refractivity contribution < 1.29 is 17.9 Å². The highest BCUT2D eigenvalue weighted by Gasteiger charge is 2.18. The molecule has 0 saturated carbocycles. The molecule has 1 unspecified atom stereocenters. The molecule has 0 amide bonds. The monoisotopic (exact) mass is 249 g/mol. The van der Waals surface area contributed by atoms with Crippen molar-refractivity contribution in [1.82, 2.24) is 5.32 Å². The molecular formula is C10H19NO4S. The van der Waals surface area contributed by atoms with E-state index < -0.39 is 9.84 Å². The Hall–Kier alpha value is -0.460. The summed E-state index contributed by atoms with van der Waals surface area (Å²) in [7, 11) is -3.03. The normalized spacial score (nSPS) is 21.9. The molecule has 1 rings (SSSR count). The molecule has 1 aliphatic rings. The highest BCUT2D eigenvalue weighted by atomic mass is 32.2. The van der Waals surface area contributed by atoms with Gasteiger partial charge in [0, 0.05) is 31.2 Å². The van der Waals surface area contributed by atoms with E-state index in [1.807, 2.05) is 0 Å². The average Bonchev–Trinajstić information content (AvgIpc) is 2.28. The predicted octanol–water partition coefficient (Wildman–Crippen LogP) is -0.241. The van der Waals surface area contributed by atoms with Crippen molar-refractivity contribution >= 4 is 15.6 Å². The quantitative estimate of drug-likeness (QED) is 0.703. The number of rotatable bonds is 6. The number of hydrogen-bond donors (Lipinski definition) is 1. The smallest absolute Gasteiger partial charge is 0.150 e. The molecular weight excluding hydrogens is 230 g/mol. The molecule has 1 atom stereocenters. The molecule has 1 aliphatic heterocycles. The van der Waals surface area contributed by atoms with E-state index in [0.717, 1.165) is 6.54 Å². The molecule has 0 aromatic rings. The third-order valence-corrected chi connectivity index (χ3v) is 4.31. The van der Waals surface area contributed by atoms with E-state index >= 15 is 0 Å². The minimum absolute atomic E-state index is 0.0139. The molecule has 5 nitrogen and oxygen atoms in total. The Balaban J connectivity index is 2.25. The zero-order valence-electron chi connectivity index (χ0n) is 9.57. The van der Waals surface area contributed by atoms with Gasteiger partial charge in [-0.2, -0.15) is 0 Å². The number of carbonyl (C=O) groups excluding carboxylic acids is 1. The van der Waals surface area contributed by atoms with Crippen molar-refractivity contribution in [2.75, 3.05) is 31.3 Å². The molecule has 0 bridgehead atoms. The van der Waals surface area contributed by atoms with E-state index in [9.17, 15) is 13.2 Å². The first-order chi connectivity index (χ1) is 7.53. The maximum atomic E-state index is 11.5. The second-order valence-corrected chi connectivity index (χ2v) is 6.43. The van der Waals surface area contributed by atoms with Crippen molar-refractivity contribution in [2.24, 2.45) is 0 Å². The summed E-state index contributed by atoms with van der Waals surface area (Å²) < 4.78 is 27.6. The van der Waals surface area contributed by atoms with E-state index in [-0.39, 0.29) is 29.8 Å². The summed E-state index contributed by atoms with van der Waals surface area (Å²) in [6.45, 7) is 3.56. The fraction of sp³-hybridized carbons (Fsp3) is 0.900. The molecule has 0 aromatic heterocycles. The van der Waals surface area contributed by atoms with Crippen LogP contribution in [0.5, 0.6) is 0 Å². The summed E-state index contributed by atoms with van der Waals surface area (Å²) in [5.74, 6) is 0.0566. The minimum Gasteiger partial charge on any atom is -0.379 e. The Kier molecular flexibility index (Phi) is 5.37. The van der Waals surface area contributed by atoms with Gasteiger partial charge in [-0.15, -0.1) is 0 Å². The second kappa shape index (κ2) is 6.32. The third-order valence-electron chi connectivity index (χ3n) is 2.60. The first-order valence-electron chi connectivity index (χ1n) is 5.57. The molecule has 1 fully saturated rings. The summed E-state index contributed by atoms with van der Waals surface area (Å²) in [4.78, 5) is 11.5. The van der Waals surface area contributed by atoms with Gasteiger partial charge in [-0.3, -0.25) is 4.79 Å². The molecule has 0 spiro atoms. The molecule has 0 aromatic carbocycles. The number of sulfone groups is 1. The third kappa shape index (κ3) is 5.05. The maximum Gasteiger partial charge on any atom is 0.150 e. The Morgan fingerprint density at radius 2 is 2.25 bits per heavy atom. The first kappa shape index (κ1) is 13.6. The molecule has 0 radical (unpaired) electrons. The van der Waals surface area contributed by atoms with Gasteiger partial charge in [-0.05, 0) is 0 Å². The van der Waals surface area contributed by atoms with Crippen LogP contribution in [-0.2, 0) is 19.4 Å². The standard InChI is InChI=1S/C10H19NO4S/c1-2-16(13,14)6-3-10(12)7-9-8-15-5-4-11-9/h9,11H,2-8H2,1H3. The van der Waals surface area contributed by atoms with Crippen LogP contribution in [0.4, 0.5) is 0 Å². The van der Waals surface area contributed by atoms with Crippen molar-refractivity contribution in [3.63, 3.8) is 0 Å². The van der Waals surface area contributed by atoms with Crippen LogP contribution in [0.2, 0.25) is 0 Å². The summed E-state index contributed by atoms with van der Waals surface area (Å²) >= 11 is 0. The fourth-order valence-electron chi connectivity index (χ4n) is 1.54. The predicted molar refractivity (Wildman–Crippen MR) is 61.2 cm³/mol. The zero-order valence-corrected chi connectivity index (χ0v) is 10.4. The van der Waals surface area contributed by atoms with Gasteiger partial charge in [-0.25, -0.2) is 8.42 Å². The van der Waals surface area contributed by atoms with Gasteiger partial charge in [0.25, 0.3) is 0 Å². The Morgan fingerprint density at radius 1 is 1.50 bits per heavy atom. The molecule has 1 saturated heterocycles. The lowest BCUT2D eigenvalue weighted by molar-refractivity contribution is -0.119. The van der Waals surface area contributed by atoms with Crippen LogP contribution >= 0.6 is 0 Å². The highest BCUT2D eigenvalue weighted by Crippen LogP contribution is 2.03. The Morgan fingerprint density at radius 3 is 2.81 bits per heavy atom. The maximum absolute atomic E-state index is 11.5. The van der Waals surface area contributed by atoms with Crippen LogP contribution in [0.3, 0.4) is 0 Å². The lowest BCUT2D eigenvalue weighted by atomic mass is 10.1. The Bertz CT molecular complexity index is 320. The van der Waals surface area contributed by atoms with Gasteiger partial charge in [0.2, 0.25) is 0 Å². The van der Waals surface area contributed by atoms with Crippen LogP contribution in [0.25, 0.3) is 0 Å². The number of hydrogen-bond acceptors (Lipinski definition) is 5. The lowest BCUT2D eigenvalue weighted by Crippen LogP contribution is -2.42. The number of ether oxygens (including phenoxy) is 1. The zero-order chi connectivity index (χ0) is 12.0. The second-order valence-electron chi connectivity index (χ2n) is 3.96. The molecule has 0 aliphatic carbocycles. The number of ketones is 1. The van der Waals surface area contributed by atoms with Gasteiger partial charge in [0.1, 0.15) is 15.6 Å². The minimum atomic E-state index is -3.03. The summed E-state index contributed by atoms with van der Waals surface area (Å²) in [6, 6.07) is 0.0468. The summed E-state index contributed by atoms with van der Waals surface area (Å²) in [5.41, 5.74) is 0. The molecule has 94 valence electrons. The van der Waals surface area contributed by atoms with Crippen molar-refractivity contribution in [1.29, 1.82) is 0 Å². The van der Waals surface area contributed by atoms with Crippen molar-refractivity contribution in [2.45, 2.75) is 25.8 Å². The number of morpholine rings is 1. The Labute approximate surface area is 96.5 Å². The number of Topliss-reactive ketones (excluding diaryl/α,β-unsaturated/α-hetero) is 1. The van der Waals surface area contributed by atoms with Crippen LogP contribution in [-0.4, -0.2) is 51.5 Å². The molecule has 16 heavy (non-hydrogen) atoms. The van der Waals surface area contributed by atoms with Crippen LogP contribution in [0, 0.1) is 0 Å². The lowest BCUT2D eigenvalue weighted by Gasteiger charge is -2.23. The van der Waals surface area contributed by atoms with Gasteiger partial charge in [-0.1, -0.05) is 6.92 Å².